The summed E-state index contributed by atoms with van der Waals surface area (Å²) >= 11 is 0. The van der Waals surface area contributed by atoms with E-state index >= 15 is 0 Å². The second kappa shape index (κ2) is 6.14. The highest BCUT2D eigenvalue weighted by atomic mass is 32.2. The number of methoxy groups -OCH3 is 1. The summed E-state index contributed by atoms with van der Waals surface area (Å²) in [5.74, 6) is 0.680. The molecule has 0 saturated carbocycles. The highest BCUT2D eigenvalue weighted by molar-refractivity contribution is 7.94. The van der Waals surface area contributed by atoms with Crippen molar-refractivity contribution in [2.75, 3.05) is 7.11 Å². The summed E-state index contributed by atoms with van der Waals surface area (Å²) in [5, 5.41) is 0. The standard InChI is InChI=1S/C12H13NO4S/c1-3-12(18(15,16)13-9-14)8-10-4-6-11(17-2)7-5-10/h4-8H,3H2,1-2H3. The minimum atomic E-state index is -3.91. The molecule has 96 valence electrons. The fourth-order valence-corrected chi connectivity index (χ4v) is 2.22. The van der Waals surface area contributed by atoms with Crippen LogP contribution in [-0.4, -0.2) is 21.6 Å². The molecule has 0 saturated heterocycles. The molecule has 0 aromatic heterocycles. The molecule has 5 nitrogen and oxygen atoms in total. The van der Waals surface area contributed by atoms with Crippen LogP contribution >= 0.6 is 0 Å². The highest BCUT2D eigenvalue weighted by Gasteiger charge is 2.14. The molecule has 0 aliphatic carbocycles. The van der Waals surface area contributed by atoms with Gasteiger partial charge >= 0.3 is 0 Å². The Kier molecular flexibility index (Phi) is 4.83. The number of benzene rings is 1. The van der Waals surface area contributed by atoms with E-state index in [4.69, 9.17) is 4.74 Å². The second-order valence-electron chi connectivity index (χ2n) is 3.40. The van der Waals surface area contributed by atoms with E-state index in [1.165, 1.54) is 6.08 Å². The van der Waals surface area contributed by atoms with Gasteiger partial charge < -0.3 is 4.74 Å². The Bertz CT molecular complexity index is 581. The molecule has 0 fully saturated rings. The molecule has 18 heavy (non-hydrogen) atoms. The maximum Gasteiger partial charge on any atom is 0.288 e. The van der Waals surface area contributed by atoms with Crippen LogP contribution in [0.25, 0.3) is 6.08 Å². The Labute approximate surface area is 106 Å². The lowest BCUT2D eigenvalue weighted by atomic mass is 10.2. The molecule has 0 N–H and O–H groups in total. The second-order valence-corrected chi connectivity index (χ2v) is 5.05. The molecule has 0 unspecified atom stereocenters. The van der Waals surface area contributed by atoms with Gasteiger partial charge in [0.15, 0.2) is 0 Å². The van der Waals surface area contributed by atoms with Crippen molar-refractivity contribution in [1.82, 2.24) is 0 Å². The van der Waals surface area contributed by atoms with Gasteiger partial charge in [0, 0.05) is 0 Å². The monoisotopic (exact) mass is 267 g/mol. The first kappa shape index (κ1) is 14.2. The lowest BCUT2D eigenvalue weighted by molar-refractivity contribution is 0.415. The molecule has 1 aromatic carbocycles. The first-order valence-corrected chi connectivity index (χ1v) is 6.66. The zero-order chi connectivity index (χ0) is 13.6. The summed E-state index contributed by atoms with van der Waals surface area (Å²) in [6, 6.07) is 6.87. The zero-order valence-electron chi connectivity index (χ0n) is 10.1. The van der Waals surface area contributed by atoms with Crippen LogP contribution in [0.2, 0.25) is 0 Å². The van der Waals surface area contributed by atoms with Crippen molar-refractivity contribution in [2.24, 2.45) is 4.40 Å². The Morgan fingerprint density at radius 1 is 1.39 bits per heavy atom. The van der Waals surface area contributed by atoms with E-state index < -0.39 is 10.0 Å². The lowest BCUT2D eigenvalue weighted by Gasteiger charge is -2.02. The van der Waals surface area contributed by atoms with Crippen molar-refractivity contribution in [2.45, 2.75) is 13.3 Å². The minimum Gasteiger partial charge on any atom is -0.497 e. The molecule has 0 heterocycles. The van der Waals surface area contributed by atoms with Gasteiger partial charge in [0.1, 0.15) is 5.75 Å². The predicted molar refractivity (Wildman–Crippen MR) is 68.3 cm³/mol. The Morgan fingerprint density at radius 3 is 2.44 bits per heavy atom. The van der Waals surface area contributed by atoms with E-state index in [9.17, 15) is 13.2 Å². The maximum absolute atomic E-state index is 11.6. The zero-order valence-corrected chi connectivity index (χ0v) is 10.9. The Balaban J connectivity index is 3.15. The van der Waals surface area contributed by atoms with Gasteiger partial charge in [-0.05, 0) is 30.2 Å². The summed E-state index contributed by atoms with van der Waals surface area (Å²) in [5.41, 5.74) is 0.692. The first-order chi connectivity index (χ1) is 8.53. The Hall–Kier alpha value is -1.91. The van der Waals surface area contributed by atoms with Crippen molar-refractivity contribution >= 4 is 22.2 Å². The van der Waals surface area contributed by atoms with Gasteiger partial charge in [0.05, 0.1) is 12.0 Å². The minimum absolute atomic E-state index is 0.0658. The number of ether oxygens (including phenoxy) is 1. The van der Waals surface area contributed by atoms with Crippen LogP contribution in [0.3, 0.4) is 0 Å². The van der Waals surface area contributed by atoms with Crippen LogP contribution in [0, 0.1) is 0 Å². The van der Waals surface area contributed by atoms with E-state index in [2.05, 4.69) is 4.40 Å². The summed E-state index contributed by atoms with van der Waals surface area (Å²) < 4.78 is 31.0. The first-order valence-electron chi connectivity index (χ1n) is 5.22. The van der Waals surface area contributed by atoms with E-state index in [0.29, 0.717) is 11.3 Å². The fraction of sp³-hybridized carbons (Fsp3) is 0.250. The molecule has 6 heteroatoms. The van der Waals surface area contributed by atoms with Gasteiger partial charge in [-0.15, -0.1) is 0 Å². The van der Waals surface area contributed by atoms with Gasteiger partial charge in [-0.2, -0.15) is 8.42 Å². The van der Waals surface area contributed by atoms with E-state index in [1.807, 2.05) is 0 Å². The summed E-state index contributed by atoms with van der Waals surface area (Å²) in [4.78, 5) is 10.1. The molecule has 1 aromatic rings. The van der Waals surface area contributed by atoms with Crippen molar-refractivity contribution in [3.63, 3.8) is 0 Å². The van der Waals surface area contributed by atoms with Crippen molar-refractivity contribution in [1.29, 1.82) is 0 Å². The number of rotatable bonds is 5. The SMILES string of the molecule is CCC(=Cc1ccc(OC)cc1)S(=O)(=O)N=C=O. The van der Waals surface area contributed by atoms with Crippen LogP contribution in [0.1, 0.15) is 18.9 Å². The normalized spacial score (nSPS) is 11.8. The van der Waals surface area contributed by atoms with Gasteiger partial charge in [0.2, 0.25) is 0 Å². The van der Waals surface area contributed by atoms with Gasteiger partial charge in [-0.1, -0.05) is 23.5 Å². The summed E-state index contributed by atoms with van der Waals surface area (Å²) in [6.45, 7) is 1.67. The average Bonchev–Trinajstić information content (AvgIpc) is 2.36. The molecule has 0 aliphatic heterocycles. The molecule has 0 bridgehead atoms. The largest absolute Gasteiger partial charge is 0.497 e. The molecule has 0 spiro atoms. The maximum atomic E-state index is 11.6. The van der Waals surface area contributed by atoms with Crippen LogP contribution in [-0.2, 0) is 14.8 Å². The third-order valence-electron chi connectivity index (χ3n) is 2.28. The summed E-state index contributed by atoms with van der Waals surface area (Å²) in [7, 11) is -2.36. The van der Waals surface area contributed by atoms with Crippen molar-refractivity contribution in [3.05, 3.63) is 34.7 Å². The summed E-state index contributed by atoms with van der Waals surface area (Å²) in [6.07, 6.45) is 2.77. The number of nitrogens with zero attached hydrogens (tertiary/aromatic N) is 1. The number of isocyanates is 1. The van der Waals surface area contributed by atoms with E-state index in [-0.39, 0.29) is 11.3 Å². The van der Waals surface area contributed by atoms with Gasteiger partial charge in [-0.3, -0.25) is 0 Å². The van der Waals surface area contributed by atoms with E-state index in [0.717, 1.165) is 6.08 Å². The van der Waals surface area contributed by atoms with Gasteiger partial charge in [-0.25, -0.2) is 4.79 Å². The number of carbonyl (C=O) groups excluding carboxylic acids is 1. The number of hydrogen-bond donors (Lipinski definition) is 0. The quantitative estimate of drug-likeness (QED) is 0.605. The topological polar surface area (TPSA) is 72.8 Å². The average molecular weight is 267 g/mol. The van der Waals surface area contributed by atoms with Crippen molar-refractivity contribution < 1.29 is 17.9 Å². The predicted octanol–water partition coefficient (Wildman–Crippen LogP) is 2.11. The fourth-order valence-electron chi connectivity index (χ4n) is 1.35. The van der Waals surface area contributed by atoms with Crippen LogP contribution in [0.15, 0.2) is 33.6 Å². The van der Waals surface area contributed by atoms with E-state index in [1.54, 1.807) is 38.3 Å². The van der Waals surface area contributed by atoms with Crippen LogP contribution in [0.5, 0.6) is 5.75 Å². The number of allylic oxidation sites excluding steroid dienone is 1. The molecule has 0 radical (unpaired) electrons. The molecular formula is C12H13NO4S. The molecular weight excluding hydrogens is 254 g/mol. The molecule has 1 rings (SSSR count). The highest BCUT2D eigenvalue weighted by Crippen LogP contribution is 2.19. The van der Waals surface area contributed by atoms with Crippen LogP contribution < -0.4 is 4.74 Å². The third kappa shape index (κ3) is 3.55. The number of sulfonamides is 1. The van der Waals surface area contributed by atoms with Crippen molar-refractivity contribution in [3.8, 4) is 5.75 Å². The number of hydrogen-bond acceptors (Lipinski definition) is 4. The molecule has 0 aliphatic rings. The lowest BCUT2D eigenvalue weighted by Crippen LogP contribution is -1.99. The van der Waals surface area contributed by atoms with Crippen LogP contribution in [0.4, 0.5) is 0 Å². The van der Waals surface area contributed by atoms with Gasteiger partial charge in [0.25, 0.3) is 16.1 Å². The molecule has 0 amide bonds. The smallest absolute Gasteiger partial charge is 0.288 e. The third-order valence-corrected chi connectivity index (χ3v) is 3.66. The molecule has 0 atom stereocenters. The Morgan fingerprint density at radius 2 is 2.00 bits per heavy atom.